The molecule has 1 aromatic carbocycles. The third kappa shape index (κ3) is 4.14. The molecule has 1 amide bonds. The molecule has 18 heavy (non-hydrogen) atoms. The van der Waals surface area contributed by atoms with Crippen molar-refractivity contribution in [3.63, 3.8) is 0 Å². The number of benzene rings is 1. The number of hydrogen-bond acceptors (Lipinski definition) is 3. The zero-order valence-corrected chi connectivity index (χ0v) is 10.7. The molecule has 6 heteroatoms. The van der Waals surface area contributed by atoms with E-state index in [1.165, 1.54) is 0 Å². The largest absolute Gasteiger partial charge is 0.480 e. The normalized spacial score (nSPS) is 11.4. The van der Waals surface area contributed by atoms with Gasteiger partial charge in [0.05, 0.1) is 0 Å². The van der Waals surface area contributed by atoms with Crippen molar-refractivity contribution in [2.24, 2.45) is 0 Å². The monoisotopic (exact) mass is 266 g/mol. The van der Waals surface area contributed by atoms with Crippen LogP contribution in [0, 0.1) is 0 Å². The van der Waals surface area contributed by atoms with Crippen LogP contribution >= 0.6 is 12.2 Å². The summed E-state index contributed by atoms with van der Waals surface area (Å²) in [6.07, 6.45) is 0.372. The summed E-state index contributed by atoms with van der Waals surface area (Å²) in [5.41, 5.74) is 0.463. The SMILES string of the molecule is CCC(NC(=S)NC(=O)c1ccccc1)C(=O)O. The van der Waals surface area contributed by atoms with Gasteiger partial charge in [0.15, 0.2) is 5.11 Å². The van der Waals surface area contributed by atoms with E-state index in [1.54, 1.807) is 37.3 Å². The Kier molecular flexibility index (Phi) is 5.26. The highest BCUT2D eigenvalue weighted by molar-refractivity contribution is 7.80. The van der Waals surface area contributed by atoms with Gasteiger partial charge in [-0.1, -0.05) is 25.1 Å². The van der Waals surface area contributed by atoms with Gasteiger partial charge in [-0.15, -0.1) is 0 Å². The summed E-state index contributed by atoms with van der Waals surface area (Å²) < 4.78 is 0. The molecule has 0 saturated heterocycles. The quantitative estimate of drug-likeness (QED) is 0.713. The maximum atomic E-state index is 11.7. The first-order chi connectivity index (χ1) is 8.54. The van der Waals surface area contributed by atoms with Gasteiger partial charge in [0.25, 0.3) is 5.91 Å². The molecule has 1 atom stereocenters. The predicted octanol–water partition coefficient (Wildman–Crippen LogP) is 1.15. The maximum absolute atomic E-state index is 11.7. The molecule has 0 aliphatic heterocycles. The van der Waals surface area contributed by atoms with Gasteiger partial charge in [0, 0.05) is 5.56 Å². The van der Waals surface area contributed by atoms with Gasteiger partial charge < -0.3 is 10.4 Å². The van der Waals surface area contributed by atoms with E-state index in [0.29, 0.717) is 12.0 Å². The van der Waals surface area contributed by atoms with Gasteiger partial charge in [-0.2, -0.15) is 0 Å². The number of carbonyl (C=O) groups is 2. The smallest absolute Gasteiger partial charge is 0.326 e. The van der Waals surface area contributed by atoms with E-state index in [1.807, 2.05) is 0 Å². The molecule has 96 valence electrons. The standard InChI is InChI=1S/C12H14N2O3S/c1-2-9(11(16)17)13-12(18)14-10(15)8-6-4-3-5-7-8/h3-7,9H,2H2,1H3,(H,16,17)(H2,13,14,15,18). The summed E-state index contributed by atoms with van der Waals surface area (Å²) in [4.78, 5) is 22.5. The highest BCUT2D eigenvalue weighted by Crippen LogP contribution is 1.98. The zero-order chi connectivity index (χ0) is 13.5. The van der Waals surface area contributed by atoms with Gasteiger partial charge >= 0.3 is 5.97 Å². The van der Waals surface area contributed by atoms with Crippen molar-refractivity contribution < 1.29 is 14.7 Å². The van der Waals surface area contributed by atoms with E-state index >= 15 is 0 Å². The van der Waals surface area contributed by atoms with Crippen LogP contribution in [-0.4, -0.2) is 28.1 Å². The van der Waals surface area contributed by atoms with Crippen LogP contribution in [0.2, 0.25) is 0 Å². The molecule has 0 bridgehead atoms. The lowest BCUT2D eigenvalue weighted by Gasteiger charge is -2.14. The Hall–Kier alpha value is -1.95. The van der Waals surface area contributed by atoms with E-state index in [-0.39, 0.29) is 11.0 Å². The molecule has 0 aliphatic rings. The lowest BCUT2D eigenvalue weighted by Crippen LogP contribution is -2.47. The van der Waals surface area contributed by atoms with Gasteiger partial charge in [0.1, 0.15) is 6.04 Å². The first-order valence-electron chi connectivity index (χ1n) is 5.44. The number of rotatable bonds is 4. The fourth-order valence-corrected chi connectivity index (χ4v) is 1.53. The van der Waals surface area contributed by atoms with Crippen molar-refractivity contribution in [1.29, 1.82) is 0 Å². The molecular weight excluding hydrogens is 252 g/mol. The van der Waals surface area contributed by atoms with E-state index in [4.69, 9.17) is 17.3 Å². The molecule has 0 radical (unpaired) electrons. The first-order valence-corrected chi connectivity index (χ1v) is 5.85. The second-order valence-corrected chi connectivity index (χ2v) is 4.00. The number of amides is 1. The van der Waals surface area contributed by atoms with Crippen LogP contribution in [0.3, 0.4) is 0 Å². The third-order valence-corrected chi connectivity index (χ3v) is 2.49. The second kappa shape index (κ2) is 6.70. The molecule has 5 nitrogen and oxygen atoms in total. The number of carboxylic acid groups (broad SMARTS) is 1. The number of hydrogen-bond donors (Lipinski definition) is 3. The molecule has 0 aromatic heterocycles. The molecule has 0 fully saturated rings. The summed E-state index contributed by atoms with van der Waals surface area (Å²) >= 11 is 4.89. The number of carboxylic acids is 1. The van der Waals surface area contributed by atoms with Crippen LogP contribution in [0.15, 0.2) is 30.3 Å². The number of nitrogens with one attached hydrogen (secondary N) is 2. The fourth-order valence-electron chi connectivity index (χ4n) is 1.30. The van der Waals surface area contributed by atoms with Crippen molar-refractivity contribution >= 4 is 29.2 Å². The van der Waals surface area contributed by atoms with Crippen LogP contribution in [0.4, 0.5) is 0 Å². The van der Waals surface area contributed by atoms with Crippen molar-refractivity contribution in [2.75, 3.05) is 0 Å². The topological polar surface area (TPSA) is 78.4 Å². The van der Waals surface area contributed by atoms with Crippen molar-refractivity contribution in [1.82, 2.24) is 10.6 Å². The molecule has 1 aromatic rings. The lowest BCUT2D eigenvalue weighted by atomic mass is 10.2. The minimum Gasteiger partial charge on any atom is -0.480 e. The Balaban J connectivity index is 2.55. The van der Waals surface area contributed by atoms with E-state index in [0.717, 1.165) is 0 Å². The van der Waals surface area contributed by atoms with Crippen molar-refractivity contribution in [2.45, 2.75) is 19.4 Å². The average molecular weight is 266 g/mol. The summed E-state index contributed by atoms with van der Waals surface area (Å²) in [5, 5.41) is 13.9. The number of thiocarbonyl (C=S) groups is 1. The molecular formula is C12H14N2O3S. The number of carbonyl (C=O) groups excluding carboxylic acids is 1. The van der Waals surface area contributed by atoms with Gasteiger partial charge in [-0.05, 0) is 30.8 Å². The molecule has 3 N–H and O–H groups in total. The summed E-state index contributed by atoms with van der Waals surface area (Å²) in [7, 11) is 0. The Morgan fingerprint density at radius 3 is 2.44 bits per heavy atom. The van der Waals surface area contributed by atoms with Gasteiger partial charge in [-0.25, -0.2) is 4.79 Å². The third-order valence-electron chi connectivity index (χ3n) is 2.27. The maximum Gasteiger partial charge on any atom is 0.326 e. The predicted molar refractivity (Wildman–Crippen MR) is 71.4 cm³/mol. The highest BCUT2D eigenvalue weighted by atomic mass is 32.1. The summed E-state index contributed by atoms with van der Waals surface area (Å²) in [6.45, 7) is 1.72. The van der Waals surface area contributed by atoms with Crippen LogP contribution in [-0.2, 0) is 4.79 Å². The first kappa shape index (κ1) is 14.1. The molecule has 0 spiro atoms. The van der Waals surface area contributed by atoms with E-state index in [9.17, 15) is 9.59 Å². The van der Waals surface area contributed by atoms with Crippen LogP contribution < -0.4 is 10.6 Å². The second-order valence-electron chi connectivity index (χ2n) is 3.59. The Bertz CT molecular complexity index is 448. The zero-order valence-electron chi connectivity index (χ0n) is 9.84. The minimum atomic E-state index is -1.01. The Morgan fingerprint density at radius 2 is 1.94 bits per heavy atom. The van der Waals surface area contributed by atoms with Crippen molar-refractivity contribution in [3.05, 3.63) is 35.9 Å². The molecule has 0 saturated carbocycles. The minimum absolute atomic E-state index is 0.0121. The molecule has 1 rings (SSSR count). The van der Waals surface area contributed by atoms with E-state index < -0.39 is 12.0 Å². The molecule has 0 heterocycles. The Labute approximate surface area is 110 Å². The lowest BCUT2D eigenvalue weighted by molar-refractivity contribution is -0.139. The van der Waals surface area contributed by atoms with Crippen molar-refractivity contribution in [3.8, 4) is 0 Å². The van der Waals surface area contributed by atoms with E-state index in [2.05, 4.69) is 10.6 Å². The van der Waals surface area contributed by atoms with Gasteiger partial charge in [0.2, 0.25) is 0 Å². The van der Waals surface area contributed by atoms with Gasteiger partial charge in [-0.3, -0.25) is 10.1 Å². The van der Waals surface area contributed by atoms with Crippen LogP contribution in [0.5, 0.6) is 0 Å². The average Bonchev–Trinajstić information content (AvgIpc) is 2.36. The number of aliphatic carboxylic acids is 1. The Morgan fingerprint density at radius 1 is 1.33 bits per heavy atom. The fraction of sp³-hybridized carbons (Fsp3) is 0.250. The summed E-state index contributed by atoms with van der Waals surface area (Å²) in [5.74, 6) is -1.37. The molecule has 1 unspecified atom stereocenters. The highest BCUT2D eigenvalue weighted by Gasteiger charge is 2.16. The van der Waals surface area contributed by atoms with Crippen LogP contribution in [0.25, 0.3) is 0 Å². The van der Waals surface area contributed by atoms with Crippen LogP contribution in [0.1, 0.15) is 23.7 Å². The summed E-state index contributed by atoms with van der Waals surface area (Å²) in [6, 6.07) is 7.76. The molecule has 0 aliphatic carbocycles.